The Hall–Kier alpha value is -1.94. The van der Waals surface area contributed by atoms with Crippen molar-refractivity contribution in [2.24, 2.45) is 5.73 Å². The van der Waals surface area contributed by atoms with E-state index >= 15 is 0 Å². The van der Waals surface area contributed by atoms with Crippen molar-refractivity contribution < 1.29 is 9.13 Å². The van der Waals surface area contributed by atoms with Gasteiger partial charge in [-0.15, -0.1) is 0 Å². The Bertz CT molecular complexity index is 538. The van der Waals surface area contributed by atoms with Crippen LogP contribution in [0.3, 0.4) is 0 Å². The quantitative estimate of drug-likeness (QED) is 0.903. The monoisotopic (exact) mass is 246 g/mol. The van der Waals surface area contributed by atoms with Crippen LogP contribution in [0.25, 0.3) is 0 Å². The maximum atomic E-state index is 13.2. The molecule has 0 aliphatic carbocycles. The first-order valence-corrected chi connectivity index (χ1v) is 5.72. The lowest BCUT2D eigenvalue weighted by atomic mass is 10.1. The zero-order valence-electron chi connectivity index (χ0n) is 10.4. The highest BCUT2D eigenvalue weighted by atomic mass is 19.1. The van der Waals surface area contributed by atoms with Gasteiger partial charge in [-0.25, -0.2) is 4.39 Å². The molecule has 2 aromatic rings. The lowest BCUT2D eigenvalue weighted by molar-refractivity contribution is 0.467. The number of nitrogens with two attached hydrogens (primary N) is 1. The van der Waals surface area contributed by atoms with Crippen LogP contribution in [-0.2, 0) is 0 Å². The SMILES string of the molecule is Cc1ccc(Oc2ccc(F)cc2[C@H](C)N)cn1. The van der Waals surface area contributed by atoms with Gasteiger partial charge in [-0.05, 0) is 44.2 Å². The molecule has 2 rings (SSSR count). The molecule has 1 aromatic carbocycles. The number of benzene rings is 1. The highest BCUT2D eigenvalue weighted by molar-refractivity contribution is 5.39. The van der Waals surface area contributed by atoms with Gasteiger partial charge in [-0.1, -0.05) is 0 Å². The second-order valence-electron chi connectivity index (χ2n) is 4.21. The second kappa shape index (κ2) is 5.14. The highest BCUT2D eigenvalue weighted by Gasteiger charge is 2.10. The molecule has 0 saturated heterocycles. The fourth-order valence-corrected chi connectivity index (χ4v) is 1.61. The molecule has 1 atom stereocenters. The molecule has 94 valence electrons. The van der Waals surface area contributed by atoms with E-state index in [4.69, 9.17) is 10.5 Å². The number of ether oxygens (including phenoxy) is 1. The van der Waals surface area contributed by atoms with Gasteiger partial charge >= 0.3 is 0 Å². The Morgan fingerprint density at radius 2 is 2.06 bits per heavy atom. The molecule has 0 fully saturated rings. The van der Waals surface area contributed by atoms with E-state index in [1.54, 1.807) is 19.2 Å². The third-order valence-corrected chi connectivity index (χ3v) is 2.57. The molecule has 0 spiro atoms. The molecule has 18 heavy (non-hydrogen) atoms. The topological polar surface area (TPSA) is 48.1 Å². The minimum Gasteiger partial charge on any atom is -0.455 e. The van der Waals surface area contributed by atoms with E-state index in [0.29, 0.717) is 17.1 Å². The summed E-state index contributed by atoms with van der Waals surface area (Å²) in [5.74, 6) is 0.836. The van der Waals surface area contributed by atoms with Crippen LogP contribution in [0.15, 0.2) is 36.5 Å². The molecule has 4 heteroatoms. The summed E-state index contributed by atoms with van der Waals surface area (Å²) in [5.41, 5.74) is 7.34. The number of nitrogens with zero attached hydrogens (tertiary/aromatic N) is 1. The first kappa shape index (κ1) is 12.5. The van der Waals surface area contributed by atoms with Gasteiger partial charge in [0.05, 0.1) is 6.20 Å². The Morgan fingerprint density at radius 3 is 2.67 bits per heavy atom. The summed E-state index contributed by atoms with van der Waals surface area (Å²) >= 11 is 0. The fourth-order valence-electron chi connectivity index (χ4n) is 1.61. The van der Waals surface area contributed by atoms with Gasteiger partial charge in [0.2, 0.25) is 0 Å². The third-order valence-electron chi connectivity index (χ3n) is 2.57. The highest BCUT2D eigenvalue weighted by Crippen LogP contribution is 2.29. The summed E-state index contributed by atoms with van der Waals surface area (Å²) in [4.78, 5) is 4.14. The van der Waals surface area contributed by atoms with Crippen LogP contribution in [0.5, 0.6) is 11.5 Å². The number of hydrogen-bond acceptors (Lipinski definition) is 3. The fraction of sp³-hybridized carbons (Fsp3) is 0.214. The van der Waals surface area contributed by atoms with E-state index in [-0.39, 0.29) is 11.9 Å². The van der Waals surface area contributed by atoms with Crippen molar-refractivity contribution in [3.8, 4) is 11.5 Å². The van der Waals surface area contributed by atoms with Crippen LogP contribution in [-0.4, -0.2) is 4.98 Å². The lowest BCUT2D eigenvalue weighted by Crippen LogP contribution is -2.07. The average Bonchev–Trinajstić information content (AvgIpc) is 2.34. The van der Waals surface area contributed by atoms with Gasteiger partial charge in [-0.2, -0.15) is 0 Å². The molecule has 1 heterocycles. The van der Waals surface area contributed by atoms with Crippen LogP contribution >= 0.6 is 0 Å². The van der Waals surface area contributed by atoms with Gasteiger partial charge < -0.3 is 10.5 Å². The van der Waals surface area contributed by atoms with Crippen LogP contribution in [0.2, 0.25) is 0 Å². The summed E-state index contributed by atoms with van der Waals surface area (Å²) in [7, 11) is 0. The number of aryl methyl sites for hydroxylation is 1. The van der Waals surface area contributed by atoms with Crippen LogP contribution in [0, 0.1) is 12.7 Å². The summed E-state index contributed by atoms with van der Waals surface area (Å²) in [5, 5.41) is 0. The summed E-state index contributed by atoms with van der Waals surface area (Å²) < 4.78 is 18.8. The first-order chi connectivity index (χ1) is 8.56. The minimum absolute atomic E-state index is 0.297. The van der Waals surface area contributed by atoms with Crippen molar-refractivity contribution in [3.05, 3.63) is 53.6 Å². The molecule has 0 saturated carbocycles. The predicted molar refractivity (Wildman–Crippen MR) is 68.1 cm³/mol. The van der Waals surface area contributed by atoms with E-state index in [2.05, 4.69) is 4.98 Å². The number of pyridine rings is 1. The maximum absolute atomic E-state index is 13.2. The number of hydrogen-bond donors (Lipinski definition) is 1. The van der Waals surface area contributed by atoms with Crippen molar-refractivity contribution in [1.29, 1.82) is 0 Å². The second-order valence-corrected chi connectivity index (χ2v) is 4.21. The van der Waals surface area contributed by atoms with Crippen molar-refractivity contribution in [2.75, 3.05) is 0 Å². The van der Waals surface area contributed by atoms with E-state index in [9.17, 15) is 4.39 Å². The minimum atomic E-state index is -0.323. The first-order valence-electron chi connectivity index (χ1n) is 5.72. The normalized spacial score (nSPS) is 12.2. The van der Waals surface area contributed by atoms with Crippen LogP contribution in [0.4, 0.5) is 4.39 Å². The molecule has 0 aliphatic heterocycles. The molecular formula is C14H15FN2O. The summed E-state index contributed by atoms with van der Waals surface area (Å²) in [6, 6.07) is 7.69. The van der Waals surface area contributed by atoms with Gasteiger partial charge in [0.15, 0.2) is 0 Å². The van der Waals surface area contributed by atoms with Crippen molar-refractivity contribution in [3.63, 3.8) is 0 Å². The maximum Gasteiger partial charge on any atom is 0.145 e. The lowest BCUT2D eigenvalue weighted by Gasteiger charge is -2.13. The van der Waals surface area contributed by atoms with Gasteiger partial charge in [0.1, 0.15) is 17.3 Å². The molecule has 0 radical (unpaired) electrons. The van der Waals surface area contributed by atoms with Crippen molar-refractivity contribution in [1.82, 2.24) is 4.98 Å². The van der Waals surface area contributed by atoms with E-state index in [1.807, 2.05) is 19.1 Å². The number of aromatic nitrogens is 1. The number of rotatable bonds is 3. The molecule has 0 amide bonds. The van der Waals surface area contributed by atoms with Crippen LogP contribution < -0.4 is 10.5 Å². The van der Waals surface area contributed by atoms with Crippen molar-refractivity contribution >= 4 is 0 Å². The zero-order valence-corrected chi connectivity index (χ0v) is 10.4. The van der Waals surface area contributed by atoms with E-state index < -0.39 is 0 Å². The average molecular weight is 246 g/mol. The Labute approximate surface area is 105 Å². The summed E-state index contributed by atoms with van der Waals surface area (Å²) in [6.45, 7) is 3.68. The standard InChI is InChI=1S/C14H15FN2O/c1-9-3-5-12(8-17-9)18-14-6-4-11(15)7-13(14)10(2)16/h3-8,10H,16H2,1-2H3/t10-/m0/s1. The van der Waals surface area contributed by atoms with Gasteiger partial charge in [0.25, 0.3) is 0 Å². The Kier molecular flexibility index (Phi) is 3.58. The van der Waals surface area contributed by atoms with E-state index in [0.717, 1.165) is 5.69 Å². The van der Waals surface area contributed by atoms with Crippen molar-refractivity contribution in [2.45, 2.75) is 19.9 Å². The molecular weight excluding hydrogens is 231 g/mol. The molecule has 0 bridgehead atoms. The number of halogens is 1. The largest absolute Gasteiger partial charge is 0.455 e. The Morgan fingerprint density at radius 1 is 1.28 bits per heavy atom. The zero-order chi connectivity index (χ0) is 13.1. The third kappa shape index (κ3) is 2.84. The van der Waals surface area contributed by atoms with Gasteiger partial charge in [-0.3, -0.25) is 4.98 Å². The van der Waals surface area contributed by atoms with Crippen LogP contribution in [0.1, 0.15) is 24.2 Å². The Balaban J connectivity index is 2.31. The molecule has 0 unspecified atom stereocenters. The molecule has 1 aromatic heterocycles. The van der Waals surface area contributed by atoms with Gasteiger partial charge in [0, 0.05) is 17.3 Å². The smallest absolute Gasteiger partial charge is 0.145 e. The summed E-state index contributed by atoms with van der Waals surface area (Å²) in [6.07, 6.45) is 1.63. The predicted octanol–water partition coefficient (Wildman–Crippen LogP) is 3.34. The van der Waals surface area contributed by atoms with E-state index in [1.165, 1.54) is 12.1 Å². The molecule has 3 nitrogen and oxygen atoms in total. The molecule has 0 aliphatic rings. The molecule has 2 N–H and O–H groups in total.